The summed E-state index contributed by atoms with van der Waals surface area (Å²) in [7, 11) is 1.83. The van der Waals surface area contributed by atoms with Gasteiger partial charge < -0.3 is 14.7 Å². The Morgan fingerprint density at radius 3 is 2.79 bits per heavy atom. The van der Waals surface area contributed by atoms with E-state index in [1.165, 1.54) is 0 Å². The number of aromatic nitrogens is 3. The number of rotatable bonds is 5. The lowest BCUT2D eigenvalue weighted by atomic mass is 10.3. The second kappa shape index (κ2) is 7.25. The van der Waals surface area contributed by atoms with Crippen LogP contribution in [0.1, 0.15) is 12.6 Å². The third kappa shape index (κ3) is 3.61. The van der Waals surface area contributed by atoms with Gasteiger partial charge in [0.15, 0.2) is 0 Å². The first-order valence-corrected chi connectivity index (χ1v) is 8.13. The second-order valence-electron chi connectivity index (χ2n) is 5.81. The number of piperazine rings is 1. The summed E-state index contributed by atoms with van der Waals surface area (Å²) in [6.45, 7) is 5.45. The summed E-state index contributed by atoms with van der Waals surface area (Å²) >= 11 is 0. The topological polar surface area (TPSA) is 65.5 Å². The molecule has 0 spiro atoms. The Balaban J connectivity index is 1.77. The first-order chi connectivity index (χ1) is 11.7. The van der Waals surface area contributed by atoms with Crippen LogP contribution in [0.3, 0.4) is 0 Å². The SMILES string of the molecule is CCN(Cc1ccccn1)c1cc(N2CCN(C)C(=O)C2)ncn1. The van der Waals surface area contributed by atoms with E-state index in [-0.39, 0.29) is 5.91 Å². The third-order valence-electron chi connectivity index (χ3n) is 4.20. The minimum absolute atomic E-state index is 0.113. The van der Waals surface area contributed by atoms with Crippen LogP contribution in [0.5, 0.6) is 0 Å². The van der Waals surface area contributed by atoms with Crippen LogP contribution in [-0.2, 0) is 11.3 Å². The smallest absolute Gasteiger partial charge is 0.241 e. The molecule has 3 heterocycles. The monoisotopic (exact) mass is 326 g/mol. The van der Waals surface area contributed by atoms with Crippen LogP contribution < -0.4 is 9.80 Å². The summed E-state index contributed by atoms with van der Waals surface area (Å²) < 4.78 is 0. The van der Waals surface area contributed by atoms with Crippen molar-refractivity contribution < 1.29 is 4.79 Å². The third-order valence-corrected chi connectivity index (χ3v) is 4.20. The molecule has 24 heavy (non-hydrogen) atoms. The Kier molecular flexibility index (Phi) is 4.88. The van der Waals surface area contributed by atoms with E-state index < -0.39 is 0 Å². The lowest BCUT2D eigenvalue weighted by Crippen LogP contribution is -2.48. The molecule has 0 saturated carbocycles. The standard InChI is InChI=1S/C17H22N6O/c1-3-22(11-14-6-4-5-7-18-14)15-10-16(20-13-19-15)23-9-8-21(2)17(24)12-23/h4-7,10,13H,3,8-9,11-12H2,1-2H3. The van der Waals surface area contributed by atoms with Crippen LogP contribution >= 0.6 is 0 Å². The van der Waals surface area contributed by atoms with E-state index in [4.69, 9.17) is 0 Å². The Labute approximate surface area is 142 Å². The highest BCUT2D eigenvalue weighted by Gasteiger charge is 2.22. The van der Waals surface area contributed by atoms with Gasteiger partial charge in [-0.2, -0.15) is 0 Å². The van der Waals surface area contributed by atoms with Gasteiger partial charge in [0.25, 0.3) is 0 Å². The molecule has 7 nitrogen and oxygen atoms in total. The molecule has 1 aliphatic rings. The van der Waals surface area contributed by atoms with Crippen molar-refractivity contribution in [2.45, 2.75) is 13.5 Å². The molecular weight excluding hydrogens is 304 g/mol. The van der Waals surface area contributed by atoms with E-state index in [0.717, 1.165) is 30.4 Å². The number of amides is 1. The molecule has 126 valence electrons. The van der Waals surface area contributed by atoms with Crippen LogP contribution in [-0.4, -0.2) is 59.0 Å². The minimum atomic E-state index is 0.113. The number of likely N-dealkylation sites (N-methyl/N-ethyl adjacent to an activating group) is 1. The lowest BCUT2D eigenvalue weighted by Gasteiger charge is -2.33. The van der Waals surface area contributed by atoms with Crippen molar-refractivity contribution in [3.8, 4) is 0 Å². The Bertz CT molecular complexity index is 692. The molecule has 1 amide bonds. The fourth-order valence-corrected chi connectivity index (χ4v) is 2.68. The van der Waals surface area contributed by atoms with Gasteiger partial charge in [-0.1, -0.05) is 6.07 Å². The van der Waals surface area contributed by atoms with Crippen LogP contribution in [0.15, 0.2) is 36.8 Å². The van der Waals surface area contributed by atoms with Gasteiger partial charge >= 0.3 is 0 Å². The number of carbonyl (C=O) groups excluding carboxylic acids is 1. The highest BCUT2D eigenvalue weighted by molar-refractivity contribution is 5.82. The molecular formula is C17H22N6O. The highest BCUT2D eigenvalue weighted by Crippen LogP contribution is 2.20. The normalized spacial score (nSPS) is 14.8. The van der Waals surface area contributed by atoms with Gasteiger partial charge in [-0.05, 0) is 19.1 Å². The number of carbonyl (C=O) groups is 1. The van der Waals surface area contributed by atoms with Crippen LogP contribution in [0.4, 0.5) is 11.6 Å². The van der Waals surface area contributed by atoms with Crippen molar-refractivity contribution >= 4 is 17.5 Å². The molecule has 1 saturated heterocycles. The molecule has 1 fully saturated rings. The summed E-state index contributed by atoms with van der Waals surface area (Å²) in [6.07, 6.45) is 3.36. The quantitative estimate of drug-likeness (QED) is 0.822. The molecule has 2 aromatic rings. The van der Waals surface area contributed by atoms with Gasteiger partial charge in [0.1, 0.15) is 18.0 Å². The van der Waals surface area contributed by atoms with Crippen LogP contribution in [0.25, 0.3) is 0 Å². The molecule has 0 aliphatic carbocycles. The number of pyridine rings is 1. The van der Waals surface area contributed by atoms with Crippen molar-refractivity contribution in [3.63, 3.8) is 0 Å². The van der Waals surface area contributed by atoms with Crippen LogP contribution in [0, 0.1) is 0 Å². The minimum Gasteiger partial charge on any atom is -0.351 e. The first kappa shape index (κ1) is 16.2. The molecule has 1 aliphatic heterocycles. The number of hydrogen-bond acceptors (Lipinski definition) is 6. The van der Waals surface area contributed by atoms with Crippen molar-refractivity contribution in [2.75, 3.05) is 43.0 Å². The summed E-state index contributed by atoms with van der Waals surface area (Å²) in [4.78, 5) is 30.9. The van der Waals surface area contributed by atoms with Gasteiger partial charge in [0.05, 0.1) is 18.8 Å². The summed E-state index contributed by atoms with van der Waals surface area (Å²) in [5.74, 6) is 1.75. The molecule has 2 aromatic heterocycles. The van der Waals surface area contributed by atoms with E-state index in [1.807, 2.05) is 36.2 Å². The fraction of sp³-hybridized carbons (Fsp3) is 0.412. The van der Waals surface area contributed by atoms with E-state index in [0.29, 0.717) is 19.6 Å². The number of anilines is 2. The van der Waals surface area contributed by atoms with Crippen molar-refractivity contribution in [1.82, 2.24) is 19.9 Å². The first-order valence-electron chi connectivity index (χ1n) is 8.13. The summed E-state index contributed by atoms with van der Waals surface area (Å²) in [5, 5.41) is 0. The average Bonchev–Trinajstić information content (AvgIpc) is 2.63. The largest absolute Gasteiger partial charge is 0.351 e. The van der Waals surface area contributed by atoms with Crippen LogP contribution in [0.2, 0.25) is 0 Å². The van der Waals surface area contributed by atoms with E-state index in [2.05, 4.69) is 26.8 Å². The Morgan fingerprint density at radius 1 is 1.21 bits per heavy atom. The van der Waals surface area contributed by atoms with Gasteiger partial charge in [0.2, 0.25) is 5.91 Å². The summed E-state index contributed by atoms with van der Waals surface area (Å²) in [5.41, 5.74) is 0.995. The molecule has 3 rings (SSSR count). The molecule has 7 heteroatoms. The van der Waals surface area contributed by atoms with Gasteiger partial charge in [-0.15, -0.1) is 0 Å². The van der Waals surface area contributed by atoms with E-state index >= 15 is 0 Å². The van der Waals surface area contributed by atoms with Gasteiger partial charge in [0, 0.05) is 38.9 Å². The van der Waals surface area contributed by atoms with Crippen molar-refractivity contribution in [2.24, 2.45) is 0 Å². The maximum absolute atomic E-state index is 11.9. The fourth-order valence-electron chi connectivity index (χ4n) is 2.68. The number of nitrogens with zero attached hydrogens (tertiary/aromatic N) is 6. The van der Waals surface area contributed by atoms with E-state index in [9.17, 15) is 4.79 Å². The zero-order valence-electron chi connectivity index (χ0n) is 14.1. The zero-order chi connectivity index (χ0) is 16.9. The maximum Gasteiger partial charge on any atom is 0.241 e. The Hall–Kier alpha value is -2.70. The molecule has 0 aromatic carbocycles. The zero-order valence-corrected chi connectivity index (χ0v) is 14.1. The number of hydrogen-bond donors (Lipinski definition) is 0. The molecule has 0 radical (unpaired) electrons. The van der Waals surface area contributed by atoms with E-state index in [1.54, 1.807) is 17.4 Å². The Morgan fingerprint density at radius 2 is 2.08 bits per heavy atom. The molecule has 0 atom stereocenters. The van der Waals surface area contributed by atoms with Gasteiger partial charge in [-0.25, -0.2) is 9.97 Å². The maximum atomic E-state index is 11.9. The van der Waals surface area contributed by atoms with Crippen molar-refractivity contribution in [3.05, 3.63) is 42.5 Å². The predicted molar refractivity (Wildman–Crippen MR) is 92.8 cm³/mol. The van der Waals surface area contributed by atoms with Gasteiger partial charge in [-0.3, -0.25) is 9.78 Å². The average molecular weight is 326 g/mol. The molecule has 0 bridgehead atoms. The highest BCUT2D eigenvalue weighted by atomic mass is 16.2. The van der Waals surface area contributed by atoms with Crippen molar-refractivity contribution in [1.29, 1.82) is 0 Å². The summed E-state index contributed by atoms with van der Waals surface area (Å²) in [6, 6.07) is 7.85. The lowest BCUT2D eigenvalue weighted by molar-refractivity contribution is -0.129. The molecule has 0 unspecified atom stereocenters. The predicted octanol–water partition coefficient (Wildman–Crippen LogP) is 1.18. The molecule has 0 N–H and O–H groups in total. The second-order valence-corrected chi connectivity index (χ2v) is 5.81.